The number of hydrogen-bond acceptors (Lipinski definition) is 8. The Hall–Kier alpha value is -5.79. The van der Waals surface area contributed by atoms with Crippen LogP contribution < -0.4 is 0 Å². The summed E-state index contributed by atoms with van der Waals surface area (Å²) in [7, 11) is 0. The van der Waals surface area contributed by atoms with Crippen molar-refractivity contribution in [2.24, 2.45) is 0 Å². The Bertz CT molecular complexity index is 2410. The van der Waals surface area contributed by atoms with Crippen molar-refractivity contribution in [1.82, 2.24) is 19.9 Å². The second-order valence-electron chi connectivity index (χ2n) is 16.8. The molecule has 0 fully saturated rings. The molecule has 63 heavy (non-hydrogen) atoms. The van der Waals surface area contributed by atoms with Gasteiger partial charge in [-0.15, -0.1) is 0 Å². The van der Waals surface area contributed by atoms with Crippen molar-refractivity contribution >= 4 is 43.6 Å². The van der Waals surface area contributed by atoms with E-state index in [0.29, 0.717) is 22.1 Å². The summed E-state index contributed by atoms with van der Waals surface area (Å²) in [4.78, 5) is 19.9. The van der Waals surface area contributed by atoms with Gasteiger partial charge >= 0.3 is 0 Å². The standard InChI is InChI=1S/2C27H30N2O2.Ni/c2*1-3-5-17-27(18-6-4-2,23-15-13-19-9-7-11-21(30)25(19)28-23)24-16-14-20-10-8-12-22(31)26(20)29-24;/h2*7-16,30-31H,3-6,17-18H2,1-2H3;. The van der Waals surface area contributed by atoms with Crippen LogP contribution in [0.3, 0.4) is 0 Å². The van der Waals surface area contributed by atoms with E-state index < -0.39 is 0 Å². The van der Waals surface area contributed by atoms with Gasteiger partial charge in [-0.2, -0.15) is 0 Å². The van der Waals surface area contributed by atoms with Crippen LogP contribution in [-0.4, -0.2) is 40.4 Å². The zero-order chi connectivity index (χ0) is 43.7. The van der Waals surface area contributed by atoms with Crippen molar-refractivity contribution in [3.8, 4) is 23.0 Å². The summed E-state index contributed by atoms with van der Waals surface area (Å²) >= 11 is 0. The van der Waals surface area contributed by atoms with Crippen molar-refractivity contribution in [3.63, 3.8) is 0 Å². The number of unbranched alkanes of at least 4 members (excludes halogenated alkanes) is 4. The van der Waals surface area contributed by atoms with Gasteiger partial charge in [-0.05, 0) is 74.2 Å². The minimum absolute atomic E-state index is 0. The largest absolute Gasteiger partial charge is 0.506 e. The van der Waals surface area contributed by atoms with E-state index in [1.165, 1.54) is 0 Å². The molecule has 0 amide bonds. The number of phenolic OH excluding ortho intramolecular Hbond substituents is 4. The van der Waals surface area contributed by atoms with E-state index in [0.717, 1.165) is 121 Å². The number of nitrogens with zero attached hydrogens (tertiary/aromatic N) is 4. The predicted octanol–water partition coefficient (Wildman–Crippen LogP) is 13.7. The number of benzene rings is 4. The van der Waals surface area contributed by atoms with Crippen LogP contribution in [0.2, 0.25) is 0 Å². The molecule has 8 rings (SSSR count). The van der Waals surface area contributed by atoms with Gasteiger partial charge in [0.2, 0.25) is 0 Å². The molecule has 0 aliphatic carbocycles. The minimum Gasteiger partial charge on any atom is -0.506 e. The number of aromatic hydroxyl groups is 4. The molecule has 0 aliphatic heterocycles. The van der Waals surface area contributed by atoms with Gasteiger partial charge in [0.05, 0.1) is 33.6 Å². The summed E-state index contributed by atoms with van der Waals surface area (Å²) in [6.45, 7) is 8.79. The van der Waals surface area contributed by atoms with Crippen molar-refractivity contribution in [2.75, 3.05) is 0 Å². The first kappa shape index (κ1) is 46.7. The molecular weight excluding hydrogens is 827 g/mol. The van der Waals surface area contributed by atoms with Gasteiger partial charge in [0, 0.05) is 38.0 Å². The summed E-state index contributed by atoms with van der Waals surface area (Å²) in [6, 6.07) is 38.5. The molecule has 4 heterocycles. The number of hydrogen-bond donors (Lipinski definition) is 4. The van der Waals surface area contributed by atoms with Crippen LogP contribution in [0.4, 0.5) is 0 Å². The Kier molecular flexibility index (Phi) is 15.6. The number of phenols is 4. The van der Waals surface area contributed by atoms with Gasteiger partial charge in [0.15, 0.2) is 0 Å². The van der Waals surface area contributed by atoms with Gasteiger partial charge in [-0.3, -0.25) is 0 Å². The maximum absolute atomic E-state index is 10.5. The van der Waals surface area contributed by atoms with Gasteiger partial charge in [0.25, 0.3) is 0 Å². The van der Waals surface area contributed by atoms with Crippen molar-refractivity contribution in [1.29, 1.82) is 0 Å². The fourth-order valence-corrected chi connectivity index (χ4v) is 9.04. The molecular formula is C54H60N4NiO4. The van der Waals surface area contributed by atoms with E-state index in [2.05, 4.69) is 52.0 Å². The molecule has 4 aromatic carbocycles. The van der Waals surface area contributed by atoms with Gasteiger partial charge in [-0.1, -0.05) is 152 Å². The molecule has 0 radical (unpaired) electrons. The Labute approximate surface area is 381 Å². The molecule has 0 atom stereocenters. The topological polar surface area (TPSA) is 132 Å². The normalized spacial score (nSPS) is 11.7. The van der Waals surface area contributed by atoms with E-state index >= 15 is 0 Å². The molecule has 8 aromatic rings. The molecule has 0 saturated heterocycles. The summed E-state index contributed by atoms with van der Waals surface area (Å²) in [5.74, 6) is 0.790. The van der Waals surface area contributed by atoms with Gasteiger partial charge in [-0.25, -0.2) is 19.9 Å². The van der Waals surface area contributed by atoms with Crippen LogP contribution in [0.15, 0.2) is 121 Å². The molecule has 4 N–H and O–H groups in total. The molecule has 4 aromatic heterocycles. The molecule has 8 nitrogen and oxygen atoms in total. The van der Waals surface area contributed by atoms with E-state index in [4.69, 9.17) is 19.9 Å². The second-order valence-corrected chi connectivity index (χ2v) is 16.8. The first-order valence-electron chi connectivity index (χ1n) is 22.5. The number of fused-ring (bicyclic) bond motifs is 4. The fraction of sp³-hybridized carbons (Fsp3) is 0.333. The maximum Gasteiger partial charge on any atom is 0.141 e. The summed E-state index contributed by atoms with van der Waals surface area (Å²) in [5, 5.41) is 45.5. The number of para-hydroxylation sites is 4. The van der Waals surface area contributed by atoms with Crippen LogP contribution in [0.25, 0.3) is 43.6 Å². The SMILES string of the molecule is CCCCC(CCCC)(c1ccc2cccc(O)c2n1)c1ccc2cccc(O)c2n1.CCCCC(CCCC)(c1ccc2cccc(O)c2n1)c1ccc2cccc(O)c2n1.[Ni]. The van der Waals surface area contributed by atoms with E-state index in [1.54, 1.807) is 24.3 Å². The number of rotatable bonds is 16. The Morgan fingerprint density at radius 3 is 0.762 bits per heavy atom. The molecule has 0 bridgehead atoms. The van der Waals surface area contributed by atoms with Crippen LogP contribution in [0.1, 0.15) is 128 Å². The first-order valence-corrected chi connectivity index (χ1v) is 22.5. The predicted molar refractivity (Wildman–Crippen MR) is 253 cm³/mol. The monoisotopic (exact) mass is 886 g/mol. The van der Waals surface area contributed by atoms with Crippen molar-refractivity contribution in [3.05, 3.63) is 144 Å². The summed E-state index contributed by atoms with van der Waals surface area (Å²) in [6.07, 6.45) is 12.2. The van der Waals surface area contributed by atoms with Crippen LogP contribution in [0.5, 0.6) is 23.0 Å². The zero-order valence-corrected chi connectivity index (χ0v) is 37.9. The zero-order valence-electron chi connectivity index (χ0n) is 36.9. The number of aromatic nitrogens is 4. The third-order valence-corrected chi connectivity index (χ3v) is 12.6. The van der Waals surface area contributed by atoms with Gasteiger partial charge < -0.3 is 20.4 Å². The molecule has 330 valence electrons. The average molecular weight is 888 g/mol. The van der Waals surface area contributed by atoms with E-state index in [1.807, 2.05) is 72.8 Å². The molecule has 0 saturated carbocycles. The molecule has 9 heteroatoms. The average Bonchev–Trinajstić information content (AvgIpc) is 3.30. The summed E-state index contributed by atoms with van der Waals surface area (Å²) < 4.78 is 0. The Balaban J connectivity index is 0.000000206. The van der Waals surface area contributed by atoms with Crippen LogP contribution >= 0.6 is 0 Å². The third-order valence-electron chi connectivity index (χ3n) is 12.6. The van der Waals surface area contributed by atoms with E-state index in [-0.39, 0.29) is 50.3 Å². The first-order chi connectivity index (χ1) is 30.2. The van der Waals surface area contributed by atoms with Crippen molar-refractivity contribution < 1.29 is 36.9 Å². The smallest absolute Gasteiger partial charge is 0.141 e. The minimum atomic E-state index is -0.376. The summed E-state index contributed by atoms with van der Waals surface area (Å²) in [5.41, 5.74) is 5.49. The van der Waals surface area contributed by atoms with Gasteiger partial charge in [0.1, 0.15) is 45.1 Å². The Morgan fingerprint density at radius 2 is 0.556 bits per heavy atom. The third kappa shape index (κ3) is 9.74. The maximum atomic E-state index is 10.5. The molecule has 0 spiro atoms. The number of pyridine rings is 4. The van der Waals surface area contributed by atoms with Crippen molar-refractivity contribution in [2.45, 2.75) is 116 Å². The second kappa shape index (κ2) is 21.1. The van der Waals surface area contributed by atoms with Crippen LogP contribution in [0, 0.1) is 0 Å². The quantitative estimate of drug-likeness (QED) is 0.0705. The van der Waals surface area contributed by atoms with E-state index in [9.17, 15) is 20.4 Å². The Morgan fingerprint density at radius 1 is 0.333 bits per heavy atom. The molecule has 0 unspecified atom stereocenters. The fourth-order valence-electron chi connectivity index (χ4n) is 9.04. The molecule has 0 aliphatic rings. The van der Waals surface area contributed by atoms with Crippen LogP contribution in [-0.2, 0) is 27.3 Å².